The molecule has 5 aromatic rings. The Hall–Kier alpha value is -3.95. The summed E-state index contributed by atoms with van der Waals surface area (Å²) in [6, 6.07) is 15.2. The monoisotopic (exact) mass is 500 g/mol. The molecule has 1 fully saturated rings. The van der Waals surface area contributed by atoms with Crippen molar-refractivity contribution in [2.75, 3.05) is 36.8 Å². The molecule has 1 aliphatic rings. The van der Waals surface area contributed by atoms with E-state index in [1.807, 2.05) is 36.4 Å². The van der Waals surface area contributed by atoms with Crippen molar-refractivity contribution >= 4 is 45.7 Å². The molecule has 36 heavy (non-hydrogen) atoms. The molecule has 182 valence electrons. The molecule has 0 bridgehead atoms. The molecule has 2 N–H and O–H groups in total. The van der Waals surface area contributed by atoms with Gasteiger partial charge in [-0.25, -0.2) is 14.5 Å². The quantitative estimate of drug-likeness (QED) is 0.343. The fourth-order valence-electron chi connectivity index (χ4n) is 4.62. The van der Waals surface area contributed by atoms with Crippen LogP contribution in [-0.2, 0) is 0 Å². The van der Waals surface area contributed by atoms with Crippen LogP contribution in [0.4, 0.5) is 17.3 Å². The van der Waals surface area contributed by atoms with Crippen LogP contribution in [-0.4, -0.2) is 55.0 Å². The lowest BCUT2D eigenvalue weighted by atomic mass is 10.2. The van der Waals surface area contributed by atoms with Gasteiger partial charge in [0, 0.05) is 43.1 Å². The van der Waals surface area contributed by atoms with E-state index in [1.54, 1.807) is 28.9 Å². The molecule has 4 heterocycles. The Bertz CT molecular complexity index is 1590. The third-order valence-corrected chi connectivity index (χ3v) is 6.76. The average molecular weight is 501 g/mol. The molecule has 10 heteroatoms. The number of hydrogen-bond acceptors (Lipinski definition) is 7. The van der Waals surface area contributed by atoms with Crippen molar-refractivity contribution in [3.05, 3.63) is 82.5 Å². The maximum Gasteiger partial charge on any atom is 0.270 e. The van der Waals surface area contributed by atoms with Gasteiger partial charge in [-0.1, -0.05) is 23.7 Å². The van der Waals surface area contributed by atoms with Crippen molar-refractivity contribution in [2.24, 2.45) is 0 Å². The van der Waals surface area contributed by atoms with Gasteiger partial charge < -0.3 is 15.5 Å². The lowest BCUT2D eigenvalue weighted by molar-refractivity contribution is 0.352. The van der Waals surface area contributed by atoms with Gasteiger partial charge in [0.25, 0.3) is 5.56 Å². The van der Waals surface area contributed by atoms with Crippen molar-refractivity contribution < 1.29 is 0 Å². The highest BCUT2D eigenvalue weighted by molar-refractivity contribution is 6.32. The molecule has 0 radical (unpaired) electrons. The zero-order valence-electron chi connectivity index (χ0n) is 19.6. The Balaban J connectivity index is 1.26. The highest BCUT2D eigenvalue weighted by Crippen LogP contribution is 2.23. The van der Waals surface area contributed by atoms with Gasteiger partial charge in [0.15, 0.2) is 5.65 Å². The number of fused-ring (bicyclic) bond motifs is 3. The van der Waals surface area contributed by atoms with Gasteiger partial charge in [0.2, 0.25) is 11.7 Å². The highest BCUT2D eigenvalue weighted by atomic mass is 35.5. The van der Waals surface area contributed by atoms with E-state index >= 15 is 0 Å². The second-order valence-corrected chi connectivity index (χ2v) is 9.21. The summed E-state index contributed by atoms with van der Waals surface area (Å²) < 4.78 is 3.25. The van der Waals surface area contributed by atoms with Crippen molar-refractivity contribution in [1.29, 1.82) is 0 Å². The van der Waals surface area contributed by atoms with Gasteiger partial charge in [-0.3, -0.25) is 9.20 Å². The Morgan fingerprint density at radius 1 is 0.972 bits per heavy atom. The van der Waals surface area contributed by atoms with E-state index in [0.717, 1.165) is 24.5 Å². The standard InChI is InChI=1S/C26H25ClN8O/c27-21-5-1-2-6-22(21)35-24(36)20-17-30-25(32-23(20)34-16-12-29-26(34)35)31-19-9-7-18(8-10-19)28-11-15-33-13-3-4-14-33/h1-2,5-10,12,16-17,28H,3-4,11,13-15H2,(H,30,31,32). The van der Waals surface area contributed by atoms with E-state index in [9.17, 15) is 4.79 Å². The minimum atomic E-state index is -0.285. The molecule has 0 saturated carbocycles. The van der Waals surface area contributed by atoms with Crippen LogP contribution in [0.2, 0.25) is 5.02 Å². The number of imidazole rings is 1. The van der Waals surface area contributed by atoms with Crippen LogP contribution < -0.4 is 16.2 Å². The van der Waals surface area contributed by atoms with Gasteiger partial charge in [0.1, 0.15) is 5.39 Å². The number of nitrogens with zero attached hydrogens (tertiary/aromatic N) is 6. The number of anilines is 3. The number of para-hydroxylation sites is 1. The van der Waals surface area contributed by atoms with Gasteiger partial charge in [-0.15, -0.1) is 0 Å². The van der Waals surface area contributed by atoms with Crippen LogP contribution in [0.15, 0.2) is 71.9 Å². The molecule has 2 aromatic carbocycles. The molecule has 0 atom stereocenters. The molecular formula is C26H25ClN8O. The highest BCUT2D eigenvalue weighted by Gasteiger charge is 2.17. The van der Waals surface area contributed by atoms with E-state index < -0.39 is 0 Å². The molecule has 0 unspecified atom stereocenters. The van der Waals surface area contributed by atoms with Crippen LogP contribution in [0.3, 0.4) is 0 Å². The first-order valence-electron chi connectivity index (χ1n) is 12.0. The summed E-state index contributed by atoms with van der Waals surface area (Å²) in [5, 5.41) is 7.53. The topological polar surface area (TPSA) is 92.4 Å². The fraction of sp³-hybridized carbons (Fsp3) is 0.231. The predicted molar refractivity (Wildman–Crippen MR) is 143 cm³/mol. The van der Waals surface area contributed by atoms with E-state index in [2.05, 4.69) is 30.5 Å². The van der Waals surface area contributed by atoms with Crippen LogP contribution in [0.25, 0.3) is 22.5 Å². The zero-order valence-corrected chi connectivity index (χ0v) is 20.3. The third kappa shape index (κ3) is 4.27. The number of rotatable bonds is 7. The summed E-state index contributed by atoms with van der Waals surface area (Å²) in [5.74, 6) is 0.816. The number of likely N-dealkylation sites (tertiary alicyclic amines) is 1. The molecule has 0 aliphatic carbocycles. The molecule has 3 aromatic heterocycles. The molecule has 1 saturated heterocycles. The van der Waals surface area contributed by atoms with E-state index in [1.165, 1.54) is 36.7 Å². The first-order chi connectivity index (χ1) is 17.7. The van der Waals surface area contributed by atoms with Gasteiger partial charge >= 0.3 is 0 Å². The predicted octanol–water partition coefficient (Wildman–Crippen LogP) is 4.33. The summed E-state index contributed by atoms with van der Waals surface area (Å²) in [6.45, 7) is 4.39. The number of nitrogens with one attached hydrogen (secondary N) is 2. The number of aromatic nitrogens is 5. The van der Waals surface area contributed by atoms with Crippen molar-refractivity contribution in [1.82, 2.24) is 28.8 Å². The minimum absolute atomic E-state index is 0.285. The van der Waals surface area contributed by atoms with Crippen molar-refractivity contribution in [3.8, 4) is 5.69 Å². The molecule has 1 aliphatic heterocycles. The summed E-state index contributed by atoms with van der Waals surface area (Å²) in [6.07, 6.45) is 7.55. The molecule has 6 rings (SSSR count). The maximum absolute atomic E-state index is 13.4. The van der Waals surface area contributed by atoms with Crippen LogP contribution in [0, 0.1) is 0 Å². The summed E-state index contributed by atoms with van der Waals surface area (Å²) in [5.41, 5.74) is 2.66. The molecule has 0 amide bonds. The normalized spacial score (nSPS) is 14.0. The van der Waals surface area contributed by atoms with Crippen molar-refractivity contribution in [2.45, 2.75) is 12.8 Å². The zero-order chi connectivity index (χ0) is 24.5. The summed E-state index contributed by atoms with van der Waals surface area (Å²) in [4.78, 5) is 29.3. The average Bonchev–Trinajstić information content (AvgIpc) is 3.59. The largest absolute Gasteiger partial charge is 0.384 e. The first-order valence-corrected chi connectivity index (χ1v) is 12.4. The van der Waals surface area contributed by atoms with Gasteiger partial charge in [-0.2, -0.15) is 4.98 Å². The first kappa shape index (κ1) is 22.5. The van der Waals surface area contributed by atoms with Gasteiger partial charge in [-0.05, 0) is 62.3 Å². The van der Waals surface area contributed by atoms with E-state index in [-0.39, 0.29) is 5.56 Å². The second kappa shape index (κ2) is 9.60. The second-order valence-electron chi connectivity index (χ2n) is 8.80. The van der Waals surface area contributed by atoms with Crippen molar-refractivity contribution in [3.63, 3.8) is 0 Å². The summed E-state index contributed by atoms with van der Waals surface area (Å²) in [7, 11) is 0. The lowest BCUT2D eigenvalue weighted by Crippen LogP contribution is -2.25. The van der Waals surface area contributed by atoms with Crippen LogP contribution in [0.1, 0.15) is 12.8 Å². The Morgan fingerprint density at radius 2 is 1.75 bits per heavy atom. The van der Waals surface area contributed by atoms with E-state index in [0.29, 0.717) is 33.5 Å². The number of halogens is 1. The smallest absolute Gasteiger partial charge is 0.270 e. The van der Waals surface area contributed by atoms with Crippen LogP contribution >= 0.6 is 11.6 Å². The fourth-order valence-corrected chi connectivity index (χ4v) is 4.84. The van der Waals surface area contributed by atoms with Crippen LogP contribution in [0.5, 0.6) is 0 Å². The molecule has 0 spiro atoms. The number of benzene rings is 2. The molecular weight excluding hydrogens is 476 g/mol. The Morgan fingerprint density at radius 3 is 2.56 bits per heavy atom. The maximum atomic E-state index is 13.4. The molecule has 9 nitrogen and oxygen atoms in total. The number of hydrogen-bond donors (Lipinski definition) is 2. The van der Waals surface area contributed by atoms with E-state index in [4.69, 9.17) is 11.6 Å². The Labute approximate surface area is 212 Å². The van der Waals surface area contributed by atoms with Gasteiger partial charge in [0.05, 0.1) is 10.7 Å². The lowest BCUT2D eigenvalue weighted by Gasteiger charge is -2.15. The minimum Gasteiger partial charge on any atom is -0.384 e. The summed E-state index contributed by atoms with van der Waals surface area (Å²) >= 11 is 6.39. The SMILES string of the molecule is O=c1c2cnc(Nc3ccc(NCCN4CCCC4)cc3)nc2n2ccnc2n1-c1ccccc1Cl. The third-order valence-electron chi connectivity index (χ3n) is 6.44. The Kier molecular flexibility index (Phi) is 6.00.